The summed E-state index contributed by atoms with van der Waals surface area (Å²) in [4.78, 5) is 26.5. The maximum atomic E-state index is 12.6. The lowest BCUT2D eigenvalue weighted by atomic mass is 9.77. The van der Waals surface area contributed by atoms with Crippen molar-refractivity contribution in [3.05, 3.63) is 45.2 Å². The van der Waals surface area contributed by atoms with Gasteiger partial charge in [-0.1, -0.05) is 20.8 Å². The molecule has 0 spiro atoms. The Kier molecular flexibility index (Phi) is 3.86. The molecule has 0 aliphatic carbocycles. The number of hydrogen-bond donors (Lipinski definition) is 1. The number of aromatic nitrogens is 1. The first-order chi connectivity index (χ1) is 13.8. The Morgan fingerprint density at radius 1 is 1.21 bits per heavy atom. The molecule has 1 aromatic carbocycles. The monoisotopic (exact) mass is 394 g/mol. The summed E-state index contributed by atoms with van der Waals surface area (Å²) < 4.78 is 8.07. The van der Waals surface area contributed by atoms with Crippen molar-refractivity contribution in [3.8, 4) is 17.0 Å². The van der Waals surface area contributed by atoms with Crippen LogP contribution in [0, 0.1) is 5.41 Å². The average Bonchev–Trinajstić information content (AvgIpc) is 3.08. The van der Waals surface area contributed by atoms with Crippen molar-refractivity contribution >= 4 is 11.7 Å². The van der Waals surface area contributed by atoms with Crippen LogP contribution in [0.3, 0.4) is 0 Å². The van der Waals surface area contributed by atoms with Gasteiger partial charge in [0.1, 0.15) is 11.3 Å². The van der Waals surface area contributed by atoms with Gasteiger partial charge >= 0.3 is 5.97 Å². The van der Waals surface area contributed by atoms with E-state index in [4.69, 9.17) is 4.74 Å². The summed E-state index contributed by atoms with van der Waals surface area (Å²) in [6, 6.07) is 3.73. The van der Waals surface area contributed by atoms with E-state index in [1.165, 1.54) is 23.6 Å². The van der Waals surface area contributed by atoms with Crippen LogP contribution in [-0.2, 0) is 12.8 Å². The standard InChI is InChI=1S/C23H26N2O4/c1-23(2,3)20-10-14-13-5-8-29-21(13)18(24-6-4-7-24)9-15(14)17-11-19(26)16(22(27)28)12-25(17)20/h9,11-12,20H,4-8,10H2,1-3H3,(H,27,28). The fraction of sp³-hybridized carbons (Fsp3) is 0.478. The van der Waals surface area contributed by atoms with Crippen molar-refractivity contribution < 1.29 is 14.6 Å². The molecule has 6 nitrogen and oxygen atoms in total. The molecule has 1 fully saturated rings. The van der Waals surface area contributed by atoms with Crippen LogP contribution in [0.4, 0.5) is 5.69 Å². The normalized spacial score (nSPS) is 19.7. The third-order valence-corrected chi connectivity index (χ3v) is 6.59. The molecular weight excluding hydrogens is 368 g/mol. The first-order valence-corrected chi connectivity index (χ1v) is 10.3. The third kappa shape index (κ3) is 2.69. The SMILES string of the molecule is CC(C)(C)C1Cc2c(cc(N3CCC3)c3c2CCO3)-c2cc(=O)c(C(=O)O)cn21. The largest absolute Gasteiger partial charge is 0.491 e. The number of aromatic carboxylic acids is 1. The van der Waals surface area contributed by atoms with Crippen molar-refractivity contribution in [2.45, 2.75) is 46.1 Å². The van der Waals surface area contributed by atoms with Crippen molar-refractivity contribution in [2.75, 3.05) is 24.6 Å². The van der Waals surface area contributed by atoms with Gasteiger partial charge in [-0.3, -0.25) is 4.79 Å². The van der Waals surface area contributed by atoms with Crippen molar-refractivity contribution in [2.24, 2.45) is 5.41 Å². The molecule has 1 aromatic heterocycles. The number of rotatable bonds is 2. The Balaban J connectivity index is 1.80. The zero-order valence-electron chi connectivity index (χ0n) is 17.1. The molecule has 3 aliphatic rings. The van der Waals surface area contributed by atoms with E-state index >= 15 is 0 Å². The van der Waals surface area contributed by atoms with Gasteiger partial charge in [-0.25, -0.2) is 4.79 Å². The van der Waals surface area contributed by atoms with Crippen LogP contribution in [0.5, 0.6) is 5.75 Å². The van der Waals surface area contributed by atoms with E-state index in [2.05, 4.69) is 31.7 Å². The Morgan fingerprint density at radius 3 is 2.59 bits per heavy atom. The topological polar surface area (TPSA) is 71.8 Å². The predicted molar refractivity (Wildman–Crippen MR) is 111 cm³/mol. The zero-order valence-corrected chi connectivity index (χ0v) is 17.1. The summed E-state index contributed by atoms with van der Waals surface area (Å²) in [6.45, 7) is 9.22. The lowest BCUT2D eigenvalue weighted by Gasteiger charge is -2.41. The van der Waals surface area contributed by atoms with Crippen LogP contribution in [0.25, 0.3) is 11.3 Å². The molecule has 2 aromatic rings. The Morgan fingerprint density at radius 2 is 1.97 bits per heavy atom. The Labute approximate surface area is 169 Å². The number of carbonyl (C=O) groups is 1. The second kappa shape index (κ2) is 6.12. The lowest BCUT2D eigenvalue weighted by molar-refractivity contribution is 0.0693. The summed E-state index contributed by atoms with van der Waals surface area (Å²) in [5, 5.41) is 9.50. The minimum Gasteiger partial charge on any atom is -0.491 e. The molecule has 3 aliphatic heterocycles. The molecule has 4 heterocycles. The van der Waals surface area contributed by atoms with Crippen molar-refractivity contribution in [3.63, 3.8) is 0 Å². The van der Waals surface area contributed by atoms with Crippen LogP contribution < -0.4 is 15.1 Å². The van der Waals surface area contributed by atoms with E-state index in [1.54, 1.807) is 6.20 Å². The number of pyridine rings is 1. The van der Waals surface area contributed by atoms with Gasteiger partial charge in [0, 0.05) is 48.9 Å². The quantitative estimate of drug-likeness (QED) is 0.844. The van der Waals surface area contributed by atoms with E-state index in [0.29, 0.717) is 6.61 Å². The number of benzene rings is 1. The number of carboxylic acids is 1. The molecule has 5 rings (SSSR count). The molecule has 6 heteroatoms. The fourth-order valence-electron chi connectivity index (χ4n) is 4.88. The average molecular weight is 394 g/mol. The van der Waals surface area contributed by atoms with Crippen molar-refractivity contribution in [1.29, 1.82) is 0 Å². The van der Waals surface area contributed by atoms with Gasteiger partial charge in [-0.05, 0) is 29.9 Å². The van der Waals surface area contributed by atoms with E-state index in [9.17, 15) is 14.7 Å². The first kappa shape index (κ1) is 18.3. The highest BCUT2D eigenvalue weighted by Crippen LogP contribution is 2.50. The molecule has 1 N–H and O–H groups in total. The van der Waals surface area contributed by atoms with Crippen LogP contribution in [0.15, 0.2) is 23.1 Å². The van der Waals surface area contributed by atoms with Gasteiger partial charge in [-0.2, -0.15) is 0 Å². The molecule has 29 heavy (non-hydrogen) atoms. The minimum absolute atomic E-state index is 0.0586. The lowest BCUT2D eigenvalue weighted by Crippen LogP contribution is -2.37. The third-order valence-electron chi connectivity index (χ3n) is 6.59. The highest BCUT2D eigenvalue weighted by atomic mass is 16.5. The molecule has 0 saturated carbocycles. The molecule has 1 unspecified atom stereocenters. The van der Waals surface area contributed by atoms with Crippen LogP contribution >= 0.6 is 0 Å². The number of anilines is 1. The maximum Gasteiger partial charge on any atom is 0.341 e. The number of nitrogens with zero attached hydrogens (tertiary/aromatic N) is 2. The van der Waals surface area contributed by atoms with E-state index < -0.39 is 11.4 Å². The number of fused-ring (bicyclic) bond motifs is 5. The van der Waals surface area contributed by atoms with Gasteiger partial charge in [0.25, 0.3) is 0 Å². The minimum atomic E-state index is -1.17. The van der Waals surface area contributed by atoms with E-state index in [0.717, 1.165) is 48.6 Å². The Bertz CT molecular complexity index is 1090. The molecule has 152 valence electrons. The number of hydrogen-bond acceptors (Lipinski definition) is 4. The summed E-state index contributed by atoms with van der Waals surface area (Å²) in [7, 11) is 0. The summed E-state index contributed by atoms with van der Waals surface area (Å²) in [5.41, 5.74) is 4.79. The van der Waals surface area contributed by atoms with Crippen LogP contribution in [0.1, 0.15) is 54.7 Å². The first-order valence-electron chi connectivity index (χ1n) is 10.3. The zero-order chi connectivity index (χ0) is 20.5. The molecule has 1 saturated heterocycles. The highest BCUT2D eigenvalue weighted by molar-refractivity contribution is 5.88. The number of ether oxygens (including phenoxy) is 1. The molecule has 0 bridgehead atoms. The van der Waals surface area contributed by atoms with Crippen LogP contribution in [-0.4, -0.2) is 35.3 Å². The smallest absolute Gasteiger partial charge is 0.341 e. The number of carboxylic acid groups (broad SMARTS) is 1. The van der Waals surface area contributed by atoms with Gasteiger partial charge in [-0.15, -0.1) is 0 Å². The van der Waals surface area contributed by atoms with Gasteiger partial charge < -0.3 is 19.3 Å². The van der Waals surface area contributed by atoms with Crippen molar-refractivity contribution in [1.82, 2.24) is 4.57 Å². The second-order valence-corrected chi connectivity index (χ2v) is 9.40. The molecule has 1 atom stereocenters. The van der Waals surface area contributed by atoms with Crippen LogP contribution in [0.2, 0.25) is 0 Å². The van der Waals surface area contributed by atoms with Gasteiger partial charge in [0.15, 0.2) is 5.43 Å². The highest BCUT2D eigenvalue weighted by Gasteiger charge is 2.37. The van der Waals surface area contributed by atoms with E-state index in [1.807, 2.05) is 4.57 Å². The second-order valence-electron chi connectivity index (χ2n) is 9.40. The fourth-order valence-corrected chi connectivity index (χ4v) is 4.88. The summed E-state index contributed by atoms with van der Waals surface area (Å²) in [5.74, 6) is -0.165. The maximum absolute atomic E-state index is 12.6. The predicted octanol–water partition coefficient (Wildman–Crippen LogP) is 3.50. The summed E-state index contributed by atoms with van der Waals surface area (Å²) >= 11 is 0. The molecular formula is C23H26N2O4. The molecule has 0 amide bonds. The molecule has 0 radical (unpaired) electrons. The van der Waals surface area contributed by atoms with Gasteiger partial charge in [0.05, 0.1) is 18.0 Å². The van der Waals surface area contributed by atoms with E-state index in [-0.39, 0.29) is 17.0 Å². The Hall–Kier alpha value is -2.76. The van der Waals surface area contributed by atoms with Gasteiger partial charge in [0.2, 0.25) is 0 Å². The summed E-state index contributed by atoms with van der Waals surface area (Å²) in [6.07, 6.45) is 4.41.